The summed E-state index contributed by atoms with van der Waals surface area (Å²) in [5, 5.41) is 3.21. The van der Waals surface area contributed by atoms with Crippen molar-refractivity contribution in [2.24, 2.45) is 5.92 Å². The van der Waals surface area contributed by atoms with Crippen LogP contribution in [0.1, 0.15) is 26.7 Å². The quantitative estimate of drug-likeness (QED) is 0.735. The Morgan fingerprint density at radius 3 is 2.59 bits per heavy atom. The van der Waals surface area contributed by atoms with Gasteiger partial charge in [-0.3, -0.25) is 14.5 Å². The van der Waals surface area contributed by atoms with Gasteiger partial charge in [0, 0.05) is 26.7 Å². The van der Waals surface area contributed by atoms with E-state index >= 15 is 0 Å². The summed E-state index contributed by atoms with van der Waals surface area (Å²) in [6, 6.07) is 7.03. The van der Waals surface area contributed by atoms with Gasteiger partial charge in [-0.05, 0) is 30.9 Å². The first-order chi connectivity index (χ1) is 12.8. The second-order valence-electron chi connectivity index (χ2n) is 7.48. The molecule has 0 bridgehead atoms. The fraction of sp³-hybridized carbons (Fsp3) is 0.600. The lowest BCUT2D eigenvalue weighted by Crippen LogP contribution is -2.45. The highest BCUT2D eigenvalue weighted by Crippen LogP contribution is 2.20. The van der Waals surface area contributed by atoms with Crippen LogP contribution in [0.15, 0.2) is 24.3 Å². The molecular weight excluding hydrogens is 366 g/mol. The van der Waals surface area contributed by atoms with E-state index in [0.29, 0.717) is 23.2 Å². The molecule has 2 amide bonds. The number of amides is 2. The number of carbonyl (C=O) groups is 2. The standard InChI is InChI=1S/C20H30ClN3O3/c1-15(2)14-27-16-8-10-24(11-9-16)13-20(26)23(3)12-19(25)22-18-7-5-4-6-17(18)21/h4-7,15-16H,8-14H2,1-3H3,(H,22,25). The molecule has 1 fully saturated rings. The van der Waals surface area contributed by atoms with Gasteiger partial charge < -0.3 is 15.0 Å². The minimum Gasteiger partial charge on any atom is -0.378 e. The van der Waals surface area contributed by atoms with Crippen molar-refractivity contribution in [3.05, 3.63) is 29.3 Å². The Hall–Kier alpha value is -1.63. The number of likely N-dealkylation sites (tertiary alicyclic amines) is 1. The van der Waals surface area contributed by atoms with E-state index in [1.165, 1.54) is 4.90 Å². The largest absolute Gasteiger partial charge is 0.378 e. The number of anilines is 1. The lowest BCUT2D eigenvalue weighted by Gasteiger charge is -2.32. The number of benzene rings is 1. The van der Waals surface area contributed by atoms with Crippen LogP contribution in [-0.2, 0) is 14.3 Å². The topological polar surface area (TPSA) is 61.9 Å². The Kier molecular flexibility index (Phi) is 8.54. The number of para-hydroxylation sites is 1. The molecule has 1 N–H and O–H groups in total. The van der Waals surface area contributed by atoms with Gasteiger partial charge in [0.2, 0.25) is 11.8 Å². The van der Waals surface area contributed by atoms with Crippen molar-refractivity contribution in [1.29, 1.82) is 0 Å². The summed E-state index contributed by atoms with van der Waals surface area (Å²) in [6.45, 7) is 7.08. The van der Waals surface area contributed by atoms with Gasteiger partial charge in [-0.2, -0.15) is 0 Å². The van der Waals surface area contributed by atoms with E-state index in [1.807, 2.05) is 0 Å². The Labute approximate surface area is 166 Å². The molecule has 0 saturated carbocycles. The summed E-state index contributed by atoms with van der Waals surface area (Å²) in [6.07, 6.45) is 2.17. The minimum absolute atomic E-state index is 0.00196. The predicted octanol–water partition coefficient (Wildman–Crippen LogP) is 2.87. The number of halogens is 1. The molecule has 1 aromatic carbocycles. The van der Waals surface area contributed by atoms with E-state index in [-0.39, 0.29) is 24.5 Å². The lowest BCUT2D eigenvalue weighted by molar-refractivity contribution is -0.134. The molecule has 6 nitrogen and oxygen atoms in total. The summed E-state index contributed by atoms with van der Waals surface area (Å²) in [7, 11) is 1.65. The first-order valence-corrected chi connectivity index (χ1v) is 9.85. The van der Waals surface area contributed by atoms with Crippen LogP contribution in [0, 0.1) is 5.92 Å². The number of ether oxygens (including phenoxy) is 1. The molecule has 1 aliphatic rings. The number of hydrogen-bond acceptors (Lipinski definition) is 4. The Morgan fingerprint density at radius 1 is 1.30 bits per heavy atom. The SMILES string of the molecule is CC(C)COC1CCN(CC(=O)N(C)CC(=O)Nc2ccccc2Cl)CC1. The first kappa shape index (κ1) is 21.7. The Bertz CT molecular complexity index is 631. The van der Waals surface area contributed by atoms with Crippen molar-refractivity contribution in [1.82, 2.24) is 9.80 Å². The molecule has 7 heteroatoms. The zero-order valence-electron chi connectivity index (χ0n) is 16.4. The third kappa shape index (κ3) is 7.48. The van der Waals surface area contributed by atoms with Crippen LogP contribution in [0.3, 0.4) is 0 Å². The van der Waals surface area contributed by atoms with Gasteiger partial charge in [0.25, 0.3) is 0 Å². The van der Waals surface area contributed by atoms with Crippen LogP contribution in [0.4, 0.5) is 5.69 Å². The van der Waals surface area contributed by atoms with Crippen LogP contribution in [0.25, 0.3) is 0 Å². The third-order valence-electron chi connectivity index (χ3n) is 4.51. The predicted molar refractivity (Wildman–Crippen MR) is 108 cm³/mol. The molecule has 150 valence electrons. The van der Waals surface area contributed by atoms with Gasteiger partial charge in [-0.1, -0.05) is 37.6 Å². The number of nitrogens with zero attached hydrogens (tertiary/aromatic N) is 2. The molecule has 1 saturated heterocycles. The average molecular weight is 396 g/mol. The zero-order valence-corrected chi connectivity index (χ0v) is 17.2. The second kappa shape index (κ2) is 10.6. The molecule has 0 radical (unpaired) electrons. The molecule has 0 unspecified atom stereocenters. The van der Waals surface area contributed by atoms with Crippen molar-refractivity contribution in [3.8, 4) is 0 Å². The van der Waals surface area contributed by atoms with Crippen LogP contribution in [-0.4, -0.2) is 67.6 Å². The van der Waals surface area contributed by atoms with Gasteiger partial charge in [0.1, 0.15) is 0 Å². The van der Waals surface area contributed by atoms with Crippen LogP contribution in [0.5, 0.6) is 0 Å². The maximum absolute atomic E-state index is 12.4. The zero-order chi connectivity index (χ0) is 19.8. The van der Waals surface area contributed by atoms with Crippen LogP contribution in [0.2, 0.25) is 5.02 Å². The number of carbonyl (C=O) groups excluding carboxylic acids is 2. The highest BCUT2D eigenvalue weighted by Gasteiger charge is 2.23. The molecule has 0 aromatic heterocycles. The fourth-order valence-corrected chi connectivity index (χ4v) is 3.11. The molecule has 0 aliphatic carbocycles. The van der Waals surface area contributed by atoms with Crippen LogP contribution >= 0.6 is 11.6 Å². The Balaban J connectivity index is 1.71. The number of piperidine rings is 1. The number of rotatable bonds is 8. The fourth-order valence-electron chi connectivity index (χ4n) is 2.93. The molecular formula is C20H30ClN3O3. The van der Waals surface area contributed by atoms with E-state index in [2.05, 4.69) is 24.1 Å². The Morgan fingerprint density at radius 2 is 1.96 bits per heavy atom. The summed E-state index contributed by atoms with van der Waals surface area (Å²) >= 11 is 6.04. The molecule has 2 rings (SSSR count). The molecule has 0 spiro atoms. The summed E-state index contributed by atoms with van der Waals surface area (Å²) < 4.78 is 5.88. The van der Waals surface area contributed by atoms with E-state index in [9.17, 15) is 9.59 Å². The number of likely N-dealkylation sites (N-methyl/N-ethyl adjacent to an activating group) is 1. The van der Waals surface area contributed by atoms with Crippen molar-refractivity contribution >= 4 is 29.1 Å². The second-order valence-corrected chi connectivity index (χ2v) is 7.89. The molecule has 1 aromatic rings. The lowest BCUT2D eigenvalue weighted by atomic mass is 10.1. The van der Waals surface area contributed by atoms with E-state index in [4.69, 9.17) is 16.3 Å². The summed E-state index contributed by atoms with van der Waals surface area (Å²) in [5.74, 6) is 0.209. The maximum Gasteiger partial charge on any atom is 0.244 e. The normalized spacial score (nSPS) is 15.7. The number of hydrogen-bond donors (Lipinski definition) is 1. The highest BCUT2D eigenvalue weighted by atomic mass is 35.5. The highest BCUT2D eigenvalue weighted by molar-refractivity contribution is 6.33. The summed E-state index contributed by atoms with van der Waals surface area (Å²) in [5.41, 5.74) is 0.550. The monoisotopic (exact) mass is 395 g/mol. The van der Waals surface area contributed by atoms with Crippen molar-refractivity contribution in [3.63, 3.8) is 0 Å². The number of nitrogens with one attached hydrogen (secondary N) is 1. The van der Waals surface area contributed by atoms with Gasteiger partial charge in [0.15, 0.2) is 0 Å². The molecule has 27 heavy (non-hydrogen) atoms. The summed E-state index contributed by atoms with van der Waals surface area (Å²) in [4.78, 5) is 28.1. The van der Waals surface area contributed by atoms with E-state index in [1.54, 1.807) is 31.3 Å². The average Bonchev–Trinajstić information content (AvgIpc) is 2.63. The van der Waals surface area contributed by atoms with Gasteiger partial charge >= 0.3 is 0 Å². The van der Waals surface area contributed by atoms with Gasteiger partial charge in [-0.25, -0.2) is 0 Å². The molecule has 0 atom stereocenters. The van der Waals surface area contributed by atoms with Gasteiger partial charge in [-0.15, -0.1) is 0 Å². The molecule has 1 heterocycles. The van der Waals surface area contributed by atoms with Crippen molar-refractivity contribution < 1.29 is 14.3 Å². The van der Waals surface area contributed by atoms with E-state index in [0.717, 1.165) is 32.5 Å². The smallest absolute Gasteiger partial charge is 0.244 e. The van der Waals surface area contributed by atoms with Crippen molar-refractivity contribution in [2.75, 3.05) is 45.2 Å². The van der Waals surface area contributed by atoms with Crippen LogP contribution < -0.4 is 5.32 Å². The maximum atomic E-state index is 12.4. The third-order valence-corrected chi connectivity index (χ3v) is 4.84. The first-order valence-electron chi connectivity index (χ1n) is 9.47. The molecule has 1 aliphatic heterocycles. The minimum atomic E-state index is -0.264. The van der Waals surface area contributed by atoms with Gasteiger partial charge in [0.05, 0.1) is 29.9 Å². The van der Waals surface area contributed by atoms with E-state index < -0.39 is 0 Å². The van der Waals surface area contributed by atoms with Crippen molar-refractivity contribution in [2.45, 2.75) is 32.8 Å².